The summed E-state index contributed by atoms with van der Waals surface area (Å²) >= 11 is 2.33. The number of likely N-dealkylation sites (tertiary alicyclic amines) is 1. The van der Waals surface area contributed by atoms with Gasteiger partial charge < -0.3 is 9.63 Å². The fourth-order valence-electron chi connectivity index (χ4n) is 2.97. The average Bonchev–Trinajstić information content (AvgIpc) is 2.94. The molecule has 1 aliphatic heterocycles. The molecule has 1 aromatic heterocycles. The molecule has 1 aliphatic rings. The van der Waals surface area contributed by atoms with E-state index in [0.717, 1.165) is 24.2 Å². The number of fused-ring (bicyclic) bond motifs is 1. The van der Waals surface area contributed by atoms with Crippen LogP contribution in [-0.4, -0.2) is 38.4 Å². The first-order valence-electron chi connectivity index (χ1n) is 7.75. The van der Waals surface area contributed by atoms with Gasteiger partial charge in [0.25, 0.3) is 0 Å². The number of aryl methyl sites for hydroxylation is 1. The van der Waals surface area contributed by atoms with Crippen molar-refractivity contribution in [1.29, 1.82) is 0 Å². The van der Waals surface area contributed by atoms with Gasteiger partial charge >= 0.3 is 0 Å². The van der Waals surface area contributed by atoms with Gasteiger partial charge in [-0.25, -0.2) is 4.39 Å². The van der Waals surface area contributed by atoms with E-state index in [1.165, 1.54) is 31.4 Å². The number of aliphatic hydroxyl groups is 1. The zero-order chi connectivity index (χ0) is 15.5. The van der Waals surface area contributed by atoms with Crippen LogP contribution in [0.4, 0.5) is 4.39 Å². The summed E-state index contributed by atoms with van der Waals surface area (Å²) in [5.41, 5.74) is 1.25. The summed E-state index contributed by atoms with van der Waals surface area (Å²) in [5.74, 6) is -0.326. The van der Waals surface area contributed by atoms with Gasteiger partial charge in [0, 0.05) is 11.5 Å². The molecule has 0 amide bonds. The molecule has 0 radical (unpaired) electrons. The van der Waals surface area contributed by atoms with Crippen molar-refractivity contribution in [3.05, 3.63) is 29.7 Å². The fourth-order valence-corrected chi connectivity index (χ4v) is 3.89. The maximum atomic E-state index is 13.1. The highest BCUT2D eigenvalue weighted by Crippen LogP contribution is 2.24. The molecule has 4 nitrogen and oxygen atoms in total. The van der Waals surface area contributed by atoms with Crippen LogP contribution in [0.5, 0.6) is 0 Å². The lowest BCUT2D eigenvalue weighted by atomic mass is 10.1. The number of aliphatic hydroxyl groups excluding tert-OH is 1. The smallest absolute Gasteiger partial charge is 0.170 e. The first kappa shape index (κ1) is 16.1. The highest BCUT2D eigenvalue weighted by molar-refractivity contribution is 14.1. The molecule has 1 saturated heterocycles. The number of piperidine rings is 1. The molecule has 1 aromatic carbocycles. The SMILES string of the molecule is OC(CCc1noc2cc(F)ccc12)C(I)N1CCCCC1. The van der Waals surface area contributed by atoms with Crippen LogP contribution in [-0.2, 0) is 6.42 Å². The Kier molecular flexibility index (Phi) is 5.30. The van der Waals surface area contributed by atoms with Crippen LogP contribution in [0.3, 0.4) is 0 Å². The molecule has 3 rings (SSSR count). The molecule has 22 heavy (non-hydrogen) atoms. The Morgan fingerprint density at radius 1 is 1.32 bits per heavy atom. The first-order chi connectivity index (χ1) is 10.6. The lowest BCUT2D eigenvalue weighted by Crippen LogP contribution is -2.42. The van der Waals surface area contributed by atoms with Crippen molar-refractivity contribution < 1.29 is 14.0 Å². The molecule has 0 aliphatic carbocycles. The average molecular weight is 418 g/mol. The van der Waals surface area contributed by atoms with Crippen molar-refractivity contribution in [1.82, 2.24) is 10.1 Å². The van der Waals surface area contributed by atoms with E-state index in [1.54, 1.807) is 6.07 Å². The fraction of sp³-hybridized carbons (Fsp3) is 0.562. The molecular weight excluding hydrogens is 398 g/mol. The number of nitrogens with zero attached hydrogens (tertiary/aromatic N) is 2. The van der Waals surface area contributed by atoms with Crippen molar-refractivity contribution in [2.75, 3.05) is 13.1 Å². The van der Waals surface area contributed by atoms with E-state index in [4.69, 9.17) is 4.52 Å². The third-order valence-electron chi connectivity index (χ3n) is 4.24. The van der Waals surface area contributed by atoms with Gasteiger partial charge in [0.2, 0.25) is 0 Å². The third kappa shape index (κ3) is 3.60. The minimum atomic E-state index is -0.397. The molecule has 2 heterocycles. The van der Waals surface area contributed by atoms with E-state index in [9.17, 15) is 9.50 Å². The van der Waals surface area contributed by atoms with Crippen molar-refractivity contribution in [2.45, 2.75) is 42.3 Å². The Balaban J connectivity index is 1.60. The summed E-state index contributed by atoms with van der Waals surface area (Å²) < 4.78 is 18.4. The van der Waals surface area contributed by atoms with E-state index in [2.05, 4.69) is 32.6 Å². The maximum Gasteiger partial charge on any atom is 0.170 e. The van der Waals surface area contributed by atoms with Crippen molar-refractivity contribution in [3.63, 3.8) is 0 Å². The van der Waals surface area contributed by atoms with Gasteiger partial charge in [0.15, 0.2) is 5.58 Å². The van der Waals surface area contributed by atoms with Crippen LogP contribution < -0.4 is 0 Å². The molecule has 0 saturated carbocycles. The van der Waals surface area contributed by atoms with Gasteiger partial charge in [-0.2, -0.15) is 0 Å². The largest absolute Gasteiger partial charge is 0.391 e. The van der Waals surface area contributed by atoms with Gasteiger partial charge in [-0.05, 0) is 50.9 Å². The van der Waals surface area contributed by atoms with Gasteiger partial charge in [0.05, 0.1) is 15.8 Å². The Morgan fingerprint density at radius 3 is 2.86 bits per heavy atom. The Bertz CT molecular complexity index is 628. The number of halogens is 2. The second-order valence-corrected chi connectivity index (χ2v) is 7.12. The van der Waals surface area contributed by atoms with E-state index in [1.807, 2.05) is 0 Å². The predicted molar refractivity (Wildman–Crippen MR) is 91.5 cm³/mol. The number of alkyl halides is 1. The van der Waals surface area contributed by atoms with Crippen molar-refractivity contribution >= 4 is 33.6 Å². The summed E-state index contributed by atoms with van der Waals surface area (Å²) in [7, 11) is 0. The number of rotatable bonds is 5. The van der Waals surface area contributed by atoms with Crippen LogP contribution in [0.2, 0.25) is 0 Å². The highest BCUT2D eigenvalue weighted by atomic mass is 127. The summed E-state index contributed by atoms with van der Waals surface area (Å²) in [6, 6.07) is 4.44. The van der Waals surface area contributed by atoms with Crippen LogP contribution in [0.25, 0.3) is 11.0 Å². The molecule has 2 atom stereocenters. The number of benzene rings is 1. The van der Waals surface area contributed by atoms with Gasteiger partial charge in [0.1, 0.15) is 5.82 Å². The molecule has 2 unspecified atom stereocenters. The Morgan fingerprint density at radius 2 is 2.09 bits per heavy atom. The van der Waals surface area contributed by atoms with Crippen LogP contribution >= 0.6 is 22.6 Å². The highest BCUT2D eigenvalue weighted by Gasteiger charge is 2.25. The van der Waals surface area contributed by atoms with Gasteiger partial charge in [-0.1, -0.05) is 34.2 Å². The molecule has 1 fully saturated rings. The minimum Gasteiger partial charge on any atom is -0.391 e. The topological polar surface area (TPSA) is 49.5 Å². The monoisotopic (exact) mass is 418 g/mol. The molecule has 6 heteroatoms. The Labute approximate surface area is 142 Å². The van der Waals surface area contributed by atoms with E-state index < -0.39 is 6.10 Å². The normalized spacial score (nSPS) is 19.4. The molecule has 1 N–H and O–H groups in total. The summed E-state index contributed by atoms with van der Waals surface area (Å²) in [6.07, 6.45) is 4.58. The Hall–Kier alpha value is -0.730. The number of hydrogen-bond acceptors (Lipinski definition) is 4. The van der Waals surface area contributed by atoms with Crippen molar-refractivity contribution in [2.24, 2.45) is 0 Å². The summed E-state index contributed by atoms with van der Waals surface area (Å²) in [4.78, 5) is 2.35. The standard InChI is InChI=1S/C16H20FIN2O2/c17-11-4-5-12-13(19-22-15(12)10-11)6-7-14(21)16(18)20-8-2-1-3-9-20/h4-5,10,14,16,21H,1-3,6-9H2. The van der Waals surface area contributed by atoms with Crippen molar-refractivity contribution in [3.8, 4) is 0 Å². The minimum absolute atomic E-state index is 0.133. The van der Waals surface area contributed by atoms with Crippen LogP contribution in [0.1, 0.15) is 31.4 Å². The molecule has 120 valence electrons. The van der Waals surface area contributed by atoms with E-state index >= 15 is 0 Å². The van der Waals surface area contributed by atoms with Crippen LogP contribution in [0, 0.1) is 5.82 Å². The third-order valence-corrected chi connectivity index (χ3v) is 5.86. The zero-order valence-corrected chi connectivity index (χ0v) is 14.5. The molecule has 2 aromatic rings. The second kappa shape index (κ2) is 7.23. The molecule has 0 spiro atoms. The first-order valence-corrected chi connectivity index (χ1v) is 9.00. The number of aromatic nitrogens is 1. The molecule has 0 bridgehead atoms. The molecular formula is C16H20FIN2O2. The summed E-state index contributed by atoms with van der Waals surface area (Å²) in [5, 5.41) is 15.3. The zero-order valence-electron chi connectivity index (χ0n) is 12.3. The maximum absolute atomic E-state index is 13.1. The van der Waals surface area contributed by atoms with E-state index in [0.29, 0.717) is 18.4 Å². The van der Waals surface area contributed by atoms with Gasteiger partial charge in [-0.3, -0.25) is 4.90 Å². The predicted octanol–water partition coefficient (Wildman–Crippen LogP) is 3.51. The van der Waals surface area contributed by atoms with Gasteiger partial charge in [-0.15, -0.1) is 0 Å². The summed E-state index contributed by atoms with van der Waals surface area (Å²) in [6.45, 7) is 2.13. The van der Waals surface area contributed by atoms with Crippen LogP contribution in [0.15, 0.2) is 22.7 Å². The van der Waals surface area contributed by atoms with E-state index in [-0.39, 0.29) is 9.87 Å². The lowest BCUT2D eigenvalue weighted by Gasteiger charge is -2.33. The second-order valence-electron chi connectivity index (χ2n) is 5.85. The quantitative estimate of drug-likeness (QED) is 0.459. The number of hydrogen-bond donors (Lipinski definition) is 1. The lowest BCUT2D eigenvalue weighted by molar-refractivity contribution is 0.0848.